The van der Waals surface area contributed by atoms with Gasteiger partial charge in [0.1, 0.15) is 0 Å². The molecule has 4 N–H and O–H groups in total. The second kappa shape index (κ2) is 6.52. The second-order valence-corrected chi connectivity index (χ2v) is 6.50. The van der Waals surface area contributed by atoms with E-state index in [1.54, 1.807) is 4.90 Å². The lowest BCUT2D eigenvalue weighted by Gasteiger charge is -2.36. The third-order valence-electron chi connectivity index (χ3n) is 3.50. The Morgan fingerprint density at radius 1 is 1.38 bits per heavy atom. The van der Waals surface area contributed by atoms with Gasteiger partial charge in [0.25, 0.3) is 5.91 Å². The number of carbonyl (C=O) groups is 1. The van der Waals surface area contributed by atoms with Gasteiger partial charge in [0.2, 0.25) is 10.0 Å². The molecule has 0 bridgehead atoms. The summed E-state index contributed by atoms with van der Waals surface area (Å²) in [5, 5.41) is 17.3. The van der Waals surface area contributed by atoms with Crippen molar-refractivity contribution in [1.29, 1.82) is 0 Å². The molecule has 21 heavy (non-hydrogen) atoms. The number of amides is 1. The van der Waals surface area contributed by atoms with Crippen molar-refractivity contribution >= 4 is 15.9 Å². The van der Waals surface area contributed by atoms with E-state index in [2.05, 4.69) is 5.32 Å². The quantitative estimate of drug-likeness (QED) is 0.669. The number of sulfonamides is 1. The van der Waals surface area contributed by atoms with Crippen LogP contribution in [0.2, 0.25) is 0 Å². The molecule has 0 aromatic heterocycles. The van der Waals surface area contributed by atoms with Gasteiger partial charge in [0.05, 0.1) is 4.90 Å². The van der Waals surface area contributed by atoms with Crippen LogP contribution in [0.5, 0.6) is 0 Å². The van der Waals surface area contributed by atoms with E-state index in [1.807, 2.05) is 0 Å². The van der Waals surface area contributed by atoms with Crippen LogP contribution in [-0.4, -0.2) is 56.6 Å². The standard InChI is InChI=1S/C13H19N3O4S/c14-21(19,20)12-3-1-10(2-4-12)13(18)16-7-6-15-9-11(16)5-8-17/h1-4,11,15,17H,5-9H2,(H2,14,19,20)/t11-/m1/s1. The van der Waals surface area contributed by atoms with Crippen molar-refractivity contribution in [3.8, 4) is 0 Å². The van der Waals surface area contributed by atoms with Crippen LogP contribution in [0.1, 0.15) is 16.8 Å². The summed E-state index contributed by atoms with van der Waals surface area (Å²) in [6.07, 6.45) is 0.508. The summed E-state index contributed by atoms with van der Waals surface area (Å²) in [6, 6.07) is 5.51. The van der Waals surface area contributed by atoms with Crippen LogP contribution in [0.4, 0.5) is 0 Å². The summed E-state index contributed by atoms with van der Waals surface area (Å²) in [5.41, 5.74) is 0.409. The van der Waals surface area contributed by atoms with Gasteiger partial charge in [0.15, 0.2) is 0 Å². The van der Waals surface area contributed by atoms with E-state index in [4.69, 9.17) is 10.2 Å². The zero-order valence-corrected chi connectivity index (χ0v) is 12.3. The lowest BCUT2D eigenvalue weighted by molar-refractivity contribution is 0.0601. The highest BCUT2D eigenvalue weighted by Gasteiger charge is 2.27. The molecule has 116 valence electrons. The maximum atomic E-state index is 12.5. The van der Waals surface area contributed by atoms with Crippen LogP contribution in [0.15, 0.2) is 29.2 Å². The molecule has 8 heteroatoms. The van der Waals surface area contributed by atoms with E-state index < -0.39 is 10.0 Å². The van der Waals surface area contributed by atoms with E-state index in [0.29, 0.717) is 31.6 Å². The van der Waals surface area contributed by atoms with Gasteiger partial charge >= 0.3 is 0 Å². The van der Waals surface area contributed by atoms with Gasteiger partial charge in [0, 0.05) is 37.8 Å². The smallest absolute Gasteiger partial charge is 0.254 e. The fraction of sp³-hybridized carbons (Fsp3) is 0.462. The van der Waals surface area contributed by atoms with Crippen LogP contribution < -0.4 is 10.5 Å². The monoisotopic (exact) mass is 313 g/mol. The minimum Gasteiger partial charge on any atom is -0.396 e. The highest BCUT2D eigenvalue weighted by Crippen LogP contribution is 2.15. The Bertz CT molecular complexity index is 598. The van der Waals surface area contributed by atoms with Crippen molar-refractivity contribution < 1.29 is 18.3 Å². The molecule has 0 saturated carbocycles. The van der Waals surface area contributed by atoms with Gasteiger partial charge in [-0.05, 0) is 30.7 Å². The zero-order valence-electron chi connectivity index (χ0n) is 11.5. The minimum atomic E-state index is -3.76. The molecule has 0 unspecified atom stereocenters. The number of benzene rings is 1. The first-order valence-electron chi connectivity index (χ1n) is 6.69. The molecular formula is C13H19N3O4S. The Morgan fingerprint density at radius 2 is 2.05 bits per heavy atom. The van der Waals surface area contributed by atoms with Crippen LogP contribution in [-0.2, 0) is 10.0 Å². The van der Waals surface area contributed by atoms with Crippen molar-refractivity contribution in [3.05, 3.63) is 29.8 Å². The predicted octanol–water partition coefficient (Wildman–Crippen LogP) is -0.870. The molecule has 0 spiro atoms. The maximum Gasteiger partial charge on any atom is 0.254 e. The molecule has 1 saturated heterocycles. The predicted molar refractivity (Wildman–Crippen MR) is 77.2 cm³/mol. The topological polar surface area (TPSA) is 113 Å². The van der Waals surface area contributed by atoms with E-state index >= 15 is 0 Å². The number of nitrogens with one attached hydrogen (secondary N) is 1. The number of piperazine rings is 1. The first-order chi connectivity index (χ1) is 9.93. The molecule has 1 aromatic rings. The first kappa shape index (κ1) is 15.9. The number of carbonyl (C=O) groups excluding carboxylic acids is 1. The molecule has 1 amide bonds. The number of nitrogens with zero attached hydrogens (tertiary/aromatic N) is 1. The largest absolute Gasteiger partial charge is 0.396 e. The fourth-order valence-electron chi connectivity index (χ4n) is 2.39. The van der Waals surface area contributed by atoms with E-state index in [-0.39, 0.29) is 23.5 Å². The van der Waals surface area contributed by atoms with Gasteiger partial charge in [-0.1, -0.05) is 0 Å². The van der Waals surface area contributed by atoms with E-state index in [1.165, 1.54) is 24.3 Å². The molecule has 1 aliphatic rings. The van der Waals surface area contributed by atoms with Crippen molar-refractivity contribution in [3.63, 3.8) is 0 Å². The number of aliphatic hydroxyl groups is 1. The number of primary sulfonamides is 1. The first-order valence-corrected chi connectivity index (χ1v) is 8.23. The number of nitrogens with two attached hydrogens (primary N) is 1. The fourth-order valence-corrected chi connectivity index (χ4v) is 2.90. The molecule has 1 atom stereocenters. The third kappa shape index (κ3) is 3.79. The summed E-state index contributed by atoms with van der Waals surface area (Å²) in [7, 11) is -3.76. The van der Waals surface area contributed by atoms with Gasteiger partial charge in [-0.25, -0.2) is 13.6 Å². The molecule has 7 nitrogen and oxygen atoms in total. The number of aliphatic hydroxyl groups excluding tert-OH is 1. The molecule has 0 radical (unpaired) electrons. The van der Waals surface area contributed by atoms with Crippen LogP contribution >= 0.6 is 0 Å². The third-order valence-corrected chi connectivity index (χ3v) is 4.43. The Balaban J connectivity index is 2.18. The molecule has 1 fully saturated rings. The van der Waals surface area contributed by atoms with Crippen LogP contribution in [0, 0.1) is 0 Å². The summed E-state index contributed by atoms with van der Waals surface area (Å²) < 4.78 is 22.4. The van der Waals surface area contributed by atoms with Crippen molar-refractivity contribution in [2.24, 2.45) is 5.14 Å². The van der Waals surface area contributed by atoms with Gasteiger partial charge < -0.3 is 15.3 Å². The summed E-state index contributed by atoms with van der Waals surface area (Å²) in [5.74, 6) is -0.170. The summed E-state index contributed by atoms with van der Waals surface area (Å²) in [6.45, 7) is 1.91. The zero-order chi connectivity index (χ0) is 15.5. The van der Waals surface area contributed by atoms with Crippen molar-refractivity contribution in [1.82, 2.24) is 10.2 Å². The second-order valence-electron chi connectivity index (χ2n) is 4.94. The maximum absolute atomic E-state index is 12.5. The molecule has 1 aromatic carbocycles. The SMILES string of the molecule is NS(=O)(=O)c1ccc(C(=O)N2CCNC[C@H]2CCO)cc1. The number of hydrogen-bond acceptors (Lipinski definition) is 5. The molecule has 1 heterocycles. The normalized spacial score (nSPS) is 19.5. The van der Waals surface area contributed by atoms with Crippen LogP contribution in [0.3, 0.4) is 0 Å². The highest BCUT2D eigenvalue weighted by molar-refractivity contribution is 7.89. The minimum absolute atomic E-state index is 0.0144. The number of rotatable bonds is 4. The lowest BCUT2D eigenvalue weighted by Crippen LogP contribution is -2.53. The van der Waals surface area contributed by atoms with E-state index in [0.717, 1.165) is 0 Å². The Kier molecular flexibility index (Phi) is 4.94. The van der Waals surface area contributed by atoms with Gasteiger partial charge in [-0.2, -0.15) is 0 Å². The van der Waals surface area contributed by atoms with Gasteiger partial charge in [-0.3, -0.25) is 4.79 Å². The van der Waals surface area contributed by atoms with Gasteiger partial charge in [-0.15, -0.1) is 0 Å². The molecule has 1 aliphatic heterocycles. The average Bonchev–Trinajstić information content (AvgIpc) is 2.47. The molecule has 2 rings (SSSR count). The Labute approximate surface area is 123 Å². The van der Waals surface area contributed by atoms with Crippen molar-refractivity contribution in [2.75, 3.05) is 26.2 Å². The van der Waals surface area contributed by atoms with E-state index in [9.17, 15) is 13.2 Å². The van der Waals surface area contributed by atoms with Crippen LogP contribution in [0.25, 0.3) is 0 Å². The van der Waals surface area contributed by atoms with Crippen molar-refractivity contribution in [2.45, 2.75) is 17.4 Å². The Morgan fingerprint density at radius 3 is 2.62 bits per heavy atom. The Hall–Kier alpha value is -1.48. The average molecular weight is 313 g/mol. The molecular weight excluding hydrogens is 294 g/mol. The highest BCUT2D eigenvalue weighted by atomic mass is 32.2. The summed E-state index contributed by atoms with van der Waals surface area (Å²) >= 11 is 0. The summed E-state index contributed by atoms with van der Waals surface area (Å²) in [4.78, 5) is 14.2. The lowest BCUT2D eigenvalue weighted by atomic mass is 10.1. The number of hydrogen-bond donors (Lipinski definition) is 3. The molecule has 0 aliphatic carbocycles.